The summed E-state index contributed by atoms with van der Waals surface area (Å²) < 4.78 is 2.05. The molecule has 0 unspecified atom stereocenters. The first-order chi connectivity index (χ1) is 5.18. The van der Waals surface area contributed by atoms with E-state index in [0.717, 1.165) is 0 Å². The highest BCUT2D eigenvalue weighted by molar-refractivity contribution is 5.75. The summed E-state index contributed by atoms with van der Waals surface area (Å²) in [4.78, 5) is 0. The summed E-state index contributed by atoms with van der Waals surface area (Å²) >= 11 is 0. The Hall–Kier alpha value is -0.820. The van der Waals surface area contributed by atoms with Crippen LogP contribution in [0.4, 0.5) is 0 Å². The predicted octanol–water partition coefficient (Wildman–Crippen LogP) is -1.31. The molecule has 1 aromatic rings. The fraction of sp³-hybridized carbons (Fsp3) is 0.300. The minimum absolute atomic E-state index is 0. The minimum atomic E-state index is 0. The number of halogens is 1. The first-order valence-electron chi connectivity index (χ1n) is 3.76. The van der Waals surface area contributed by atoms with Gasteiger partial charge in [-0.05, 0) is 19.1 Å². The fourth-order valence-electron chi connectivity index (χ4n) is 0.951. The molecule has 0 saturated heterocycles. The molecule has 2 heteroatoms. The molecule has 0 heterocycles. The second kappa shape index (κ2) is 4.94. The van der Waals surface area contributed by atoms with Crippen LogP contribution in [0.1, 0.15) is 11.1 Å². The molecule has 12 heavy (non-hydrogen) atoms. The maximum absolute atomic E-state index is 2.12. The number of hydrogen-bond acceptors (Lipinski definition) is 0. The highest BCUT2D eigenvalue weighted by atomic mass is 35.5. The molecular weight excluding hydrogens is 170 g/mol. The first kappa shape index (κ1) is 11.2. The molecule has 0 saturated carbocycles. The quantitative estimate of drug-likeness (QED) is 0.376. The monoisotopic (exact) mass is 183 g/mol. The number of aryl methyl sites for hydroxylation is 1. The Balaban J connectivity index is 0.00000121. The van der Waals surface area contributed by atoms with E-state index in [1.54, 1.807) is 0 Å². The van der Waals surface area contributed by atoms with E-state index in [9.17, 15) is 0 Å². The zero-order valence-corrected chi connectivity index (χ0v) is 8.47. The molecule has 0 radical (unpaired) electrons. The number of hydrogen-bond donors (Lipinski definition) is 0. The van der Waals surface area contributed by atoms with Crippen LogP contribution in [-0.2, 0) is 0 Å². The Morgan fingerprint density at radius 2 is 1.58 bits per heavy atom. The van der Waals surface area contributed by atoms with Crippen LogP contribution in [0, 0.1) is 6.92 Å². The molecular formula is C10H14ClN. The van der Waals surface area contributed by atoms with Crippen LogP contribution in [0.2, 0.25) is 0 Å². The van der Waals surface area contributed by atoms with Gasteiger partial charge in [-0.25, -0.2) is 4.58 Å². The third-order valence-corrected chi connectivity index (χ3v) is 1.48. The van der Waals surface area contributed by atoms with Crippen LogP contribution in [0.5, 0.6) is 0 Å². The molecule has 1 nitrogen and oxygen atoms in total. The lowest BCUT2D eigenvalue weighted by atomic mass is 10.2. The Labute approximate surface area is 80.1 Å². The minimum Gasteiger partial charge on any atom is -1.00 e. The summed E-state index contributed by atoms with van der Waals surface area (Å²) in [5, 5.41) is 0. The Morgan fingerprint density at radius 3 is 2.00 bits per heavy atom. The molecule has 1 rings (SSSR count). The number of nitrogens with zero attached hydrogens (tertiary/aromatic N) is 1. The molecule has 1 aromatic carbocycles. The van der Waals surface area contributed by atoms with Gasteiger partial charge >= 0.3 is 0 Å². The zero-order valence-electron chi connectivity index (χ0n) is 7.71. The van der Waals surface area contributed by atoms with E-state index in [4.69, 9.17) is 0 Å². The smallest absolute Gasteiger partial charge is 0.170 e. The molecule has 0 amide bonds. The summed E-state index contributed by atoms with van der Waals surface area (Å²) in [6.07, 6.45) is 2.10. The highest BCUT2D eigenvalue weighted by Gasteiger charge is 1.90. The largest absolute Gasteiger partial charge is 1.00 e. The molecule has 0 aliphatic rings. The van der Waals surface area contributed by atoms with E-state index in [1.807, 2.05) is 18.7 Å². The fourth-order valence-corrected chi connectivity index (χ4v) is 0.951. The van der Waals surface area contributed by atoms with Gasteiger partial charge in [-0.3, -0.25) is 0 Å². The lowest BCUT2D eigenvalue weighted by molar-refractivity contribution is -0.458. The van der Waals surface area contributed by atoms with Crippen molar-refractivity contribution in [1.29, 1.82) is 0 Å². The van der Waals surface area contributed by atoms with Crippen LogP contribution < -0.4 is 12.4 Å². The lowest BCUT2D eigenvalue weighted by Gasteiger charge is -1.91. The number of rotatable bonds is 1. The topological polar surface area (TPSA) is 3.01 Å². The van der Waals surface area contributed by atoms with E-state index >= 15 is 0 Å². The summed E-state index contributed by atoms with van der Waals surface area (Å²) in [6, 6.07) is 8.48. The second-order valence-electron chi connectivity index (χ2n) is 3.00. The second-order valence-corrected chi connectivity index (χ2v) is 3.00. The predicted molar refractivity (Wildman–Crippen MR) is 48.5 cm³/mol. The van der Waals surface area contributed by atoms with E-state index < -0.39 is 0 Å². The van der Waals surface area contributed by atoms with Crippen molar-refractivity contribution in [2.45, 2.75) is 6.92 Å². The van der Waals surface area contributed by atoms with Crippen LogP contribution in [-0.4, -0.2) is 24.9 Å². The molecule has 0 N–H and O–H groups in total. The van der Waals surface area contributed by atoms with Gasteiger partial charge in [0.25, 0.3) is 0 Å². The van der Waals surface area contributed by atoms with Gasteiger partial charge in [-0.2, -0.15) is 0 Å². The van der Waals surface area contributed by atoms with Gasteiger partial charge in [0.15, 0.2) is 6.21 Å². The van der Waals surface area contributed by atoms with Gasteiger partial charge in [0.05, 0.1) is 0 Å². The molecule has 0 aliphatic heterocycles. The Morgan fingerprint density at radius 1 is 1.08 bits per heavy atom. The zero-order chi connectivity index (χ0) is 8.27. The molecule has 0 bridgehead atoms. The van der Waals surface area contributed by atoms with Crippen molar-refractivity contribution in [1.82, 2.24) is 0 Å². The maximum atomic E-state index is 2.12. The van der Waals surface area contributed by atoms with Crippen molar-refractivity contribution in [3.8, 4) is 0 Å². The van der Waals surface area contributed by atoms with Crippen molar-refractivity contribution in [2.24, 2.45) is 0 Å². The van der Waals surface area contributed by atoms with Gasteiger partial charge in [0, 0.05) is 5.56 Å². The molecule has 0 atom stereocenters. The van der Waals surface area contributed by atoms with Gasteiger partial charge < -0.3 is 12.4 Å². The molecule has 66 valence electrons. The first-order valence-corrected chi connectivity index (χ1v) is 3.76. The van der Waals surface area contributed by atoms with E-state index in [1.165, 1.54) is 11.1 Å². The van der Waals surface area contributed by atoms with Crippen molar-refractivity contribution >= 4 is 6.21 Å². The van der Waals surface area contributed by atoms with E-state index in [2.05, 4.69) is 37.4 Å². The summed E-state index contributed by atoms with van der Waals surface area (Å²) in [5.41, 5.74) is 2.56. The molecule has 0 fully saturated rings. The summed E-state index contributed by atoms with van der Waals surface area (Å²) in [5.74, 6) is 0. The van der Waals surface area contributed by atoms with Gasteiger partial charge in [-0.15, -0.1) is 0 Å². The summed E-state index contributed by atoms with van der Waals surface area (Å²) in [7, 11) is 4.06. The van der Waals surface area contributed by atoms with Crippen molar-refractivity contribution in [2.75, 3.05) is 14.1 Å². The number of benzene rings is 1. The third kappa shape index (κ3) is 3.54. The summed E-state index contributed by atoms with van der Waals surface area (Å²) in [6.45, 7) is 2.10. The van der Waals surface area contributed by atoms with Crippen molar-refractivity contribution in [3.63, 3.8) is 0 Å². The Kier molecular flexibility index (Phi) is 4.60. The maximum Gasteiger partial charge on any atom is 0.170 e. The van der Waals surface area contributed by atoms with Crippen LogP contribution in [0.15, 0.2) is 24.3 Å². The van der Waals surface area contributed by atoms with Gasteiger partial charge in [0.2, 0.25) is 0 Å². The molecule has 0 aromatic heterocycles. The SMILES string of the molecule is Cc1ccc(C=[N+](C)C)cc1.[Cl-]. The average molecular weight is 184 g/mol. The van der Waals surface area contributed by atoms with Gasteiger partial charge in [0.1, 0.15) is 14.1 Å². The highest BCUT2D eigenvalue weighted by Crippen LogP contribution is 1.99. The third-order valence-electron chi connectivity index (χ3n) is 1.48. The van der Waals surface area contributed by atoms with Crippen LogP contribution >= 0.6 is 0 Å². The molecule has 0 aliphatic carbocycles. The van der Waals surface area contributed by atoms with Crippen LogP contribution in [0.3, 0.4) is 0 Å². The lowest BCUT2D eigenvalue weighted by Crippen LogP contribution is -3.00. The van der Waals surface area contributed by atoms with E-state index in [-0.39, 0.29) is 12.4 Å². The average Bonchev–Trinajstić information content (AvgIpc) is 1.93. The van der Waals surface area contributed by atoms with Crippen LogP contribution in [0.25, 0.3) is 0 Å². The molecule has 0 spiro atoms. The van der Waals surface area contributed by atoms with E-state index in [0.29, 0.717) is 0 Å². The van der Waals surface area contributed by atoms with Crippen molar-refractivity contribution < 1.29 is 17.0 Å². The normalized spacial score (nSPS) is 8.58. The standard InChI is InChI=1S/C10H14N.ClH/c1-9-4-6-10(7-5-9)8-11(2)3;/h4-8H,1-3H3;1H/q+1;/p-1. The Bertz CT molecular complexity index is 258. The van der Waals surface area contributed by atoms with Crippen molar-refractivity contribution in [3.05, 3.63) is 35.4 Å². The van der Waals surface area contributed by atoms with Gasteiger partial charge in [-0.1, -0.05) is 17.7 Å².